The highest BCUT2D eigenvalue weighted by atomic mass is 16.5. The number of rotatable bonds is 4. The Bertz CT molecular complexity index is 348. The van der Waals surface area contributed by atoms with E-state index in [0.717, 1.165) is 18.1 Å². The Morgan fingerprint density at radius 1 is 1.60 bits per heavy atom. The number of aromatic nitrogens is 2. The van der Waals surface area contributed by atoms with Crippen LogP contribution in [-0.4, -0.2) is 23.1 Å². The van der Waals surface area contributed by atoms with Crippen molar-refractivity contribution < 1.29 is 4.74 Å². The molecule has 0 radical (unpaired) electrons. The van der Waals surface area contributed by atoms with Crippen molar-refractivity contribution in [2.45, 2.75) is 26.4 Å². The van der Waals surface area contributed by atoms with Gasteiger partial charge in [0.1, 0.15) is 11.6 Å². The van der Waals surface area contributed by atoms with Gasteiger partial charge in [0.15, 0.2) is 6.10 Å². The molecule has 0 aliphatic rings. The summed E-state index contributed by atoms with van der Waals surface area (Å²) in [4.78, 5) is 8.47. The van der Waals surface area contributed by atoms with Gasteiger partial charge in [0.25, 0.3) is 0 Å². The Hall–Kier alpha value is -1.76. The normalized spacial score (nSPS) is 11.6. The number of hydrogen-bond donors (Lipinski definition) is 1. The lowest BCUT2D eigenvalue weighted by Crippen LogP contribution is -2.11. The van der Waals surface area contributed by atoms with Gasteiger partial charge in [0, 0.05) is 19.5 Å². The number of aryl methyl sites for hydroxylation is 1. The van der Waals surface area contributed by atoms with E-state index < -0.39 is 0 Å². The molecule has 0 aliphatic carbocycles. The maximum absolute atomic E-state index is 5.42. The molecule has 1 N–H and O–H groups in total. The van der Waals surface area contributed by atoms with E-state index in [-0.39, 0.29) is 6.10 Å². The molecule has 0 fully saturated rings. The number of anilines is 1. The van der Waals surface area contributed by atoms with Gasteiger partial charge in [-0.1, -0.05) is 12.8 Å². The van der Waals surface area contributed by atoms with E-state index in [1.54, 1.807) is 20.0 Å². The zero-order valence-corrected chi connectivity index (χ0v) is 9.24. The molecule has 80 valence electrons. The lowest BCUT2D eigenvalue weighted by atomic mass is 10.4. The maximum Gasteiger partial charge on any atom is 0.219 e. The van der Waals surface area contributed by atoms with Crippen LogP contribution in [-0.2, 0) is 6.42 Å². The van der Waals surface area contributed by atoms with Crippen molar-refractivity contribution >= 4 is 5.82 Å². The van der Waals surface area contributed by atoms with E-state index in [0.29, 0.717) is 5.88 Å². The molecule has 0 saturated carbocycles. The van der Waals surface area contributed by atoms with Crippen LogP contribution in [0.15, 0.2) is 6.07 Å². The van der Waals surface area contributed by atoms with Gasteiger partial charge >= 0.3 is 0 Å². The predicted molar refractivity (Wildman–Crippen MR) is 59.9 cm³/mol. The summed E-state index contributed by atoms with van der Waals surface area (Å²) >= 11 is 0. The van der Waals surface area contributed by atoms with Crippen LogP contribution in [0, 0.1) is 12.3 Å². The summed E-state index contributed by atoms with van der Waals surface area (Å²) in [5.74, 6) is 4.47. The van der Waals surface area contributed by atoms with Gasteiger partial charge in [0.05, 0.1) is 0 Å². The van der Waals surface area contributed by atoms with Crippen molar-refractivity contribution in [2.75, 3.05) is 12.4 Å². The van der Waals surface area contributed by atoms with Crippen LogP contribution in [0.3, 0.4) is 0 Å². The molecular weight excluding hydrogens is 190 g/mol. The Labute approximate surface area is 90.1 Å². The summed E-state index contributed by atoms with van der Waals surface area (Å²) in [5, 5.41) is 2.95. The third kappa shape index (κ3) is 3.13. The first-order chi connectivity index (χ1) is 7.19. The zero-order valence-electron chi connectivity index (χ0n) is 9.24. The second-order valence-electron chi connectivity index (χ2n) is 3.04. The molecule has 1 unspecified atom stereocenters. The van der Waals surface area contributed by atoms with E-state index in [4.69, 9.17) is 11.2 Å². The first-order valence-electron chi connectivity index (χ1n) is 4.88. The minimum atomic E-state index is -0.283. The molecule has 1 heterocycles. The largest absolute Gasteiger partial charge is 0.461 e. The van der Waals surface area contributed by atoms with Gasteiger partial charge in [-0.2, -0.15) is 4.98 Å². The molecule has 1 aromatic rings. The molecule has 0 bridgehead atoms. The maximum atomic E-state index is 5.42. The molecule has 1 atom stereocenters. The number of ether oxygens (including phenoxy) is 1. The average molecular weight is 205 g/mol. The van der Waals surface area contributed by atoms with Gasteiger partial charge in [-0.05, 0) is 6.92 Å². The highest BCUT2D eigenvalue weighted by Crippen LogP contribution is 2.14. The van der Waals surface area contributed by atoms with Gasteiger partial charge < -0.3 is 10.1 Å². The summed E-state index contributed by atoms with van der Waals surface area (Å²) in [6.45, 7) is 3.79. The average Bonchev–Trinajstić information content (AvgIpc) is 2.28. The molecule has 1 rings (SSSR count). The minimum absolute atomic E-state index is 0.283. The second-order valence-corrected chi connectivity index (χ2v) is 3.04. The smallest absolute Gasteiger partial charge is 0.219 e. The molecule has 0 amide bonds. The number of hydrogen-bond acceptors (Lipinski definition) is 4. The monoisotopic (exact) mass is 205 g/mol. The molecule has 1 aromatic heterocycles. The standard InChI is InChI=1S/C11H15N3O/c1-5-8(3)15-11-7-10(12-4)13-9(6-2)14-11/h1,7-8H,6H2,2-4H3,(H,12,13,14). The number of nitrogens with one attached hydrogen (secondary N) is 1. The summed E-state index contributed by atoms with van der Waals surface area (Å²) < 4.78 is 5.42. The molecule has 15 heavy (non-hydrogen) atoms. The SMILES string of the molecule is C#CC(C)Oc1cc(NC)nc(CC)n1. The van der Waals surface area contributed by atoms with Crippen LogP contribution in [0.5, 0.6) is 5.88 Å². The quantitative estimate of drug-likeness (QED) is 0.756. The first-order valence-corrected chi connectivity index (χ1v) is 4.88. The fourth-order valence-electron chi connectivity index (χ4n) is 1.03. The van der Waals surface area contributed by atoms with E-state index in [9.17, 15) is 0 Å². The predicted octanol–water partition coefficient (Wildman–Crippen LogP) is 1.48. The van der Waals surface area contributed by atoms with Gasteiger partial charge in [-0.15, -0.1) is 6.42 Å². The molecule has 0 aliphatic heterocycles. The topological polar surface area (TPSA) is 47.0 Å². The van der Waals surface area contributed by atoms with Crippen LogP contribution in [0.4, 0.5) is 5.82 Å². The third-order valence-electron chi connectivity index (χ3n) is 1.85. The van der Waals surface area contributed by atoms with Crippen LogP contribution in [0.25, 0.3) is 0 Å². The van der Waals surface area contributed by atoms with Crippen molar-refractivity contribution in [1.29, 1.82) is 0 Å². The fraction of sp³-hybridized carbons (Fsp3) is 0.455. The summed E-state index contributed by atoms with van der Waals surface area (Å²) in [5.41, 5.74) is 0. The molecule has 4 heteroatoms. The van der Waals surface area contributed by atoms with Gasteiger partial charge in [-0.3, -0.25) is 0 Å². The van der Waals surface area contributed by atoms with Crippen LogP contribution < -0.4 is 10.1 Å². The zero-order chi connectivity index (χ0) is 11.3. The molecular formula is C11H15N3O. The summed E-state index contributed by atoms with van der Waals surface area (Å²) in [6, 6.07) is 1.73. The molecule has 0 spiro atoms. The van der Waals surface area contributed by atoms with Crippen molar-refractivity contribution in [1.82, 2.24) is 9.97 Å². The van der Waals surface area contributed by atoms with Gasteiger partial charge in [-0.25, -0.2) is 4.98 Å². The fourth-order valence-corrected chi connectivity index (χ4v) is 1.03. The number of nitrogens with zero attached hydrogens (tertiary/aromatic N) is 2. The Balaban J connectivity index is 2.92. The summed E-state index contributed by atoms with van der Waals surface area (Å²) in [7, 11) is 1.80. The van der Waals surface area contributed by atoms with Crippen molar-refractivity contribution in [3.63, 3.8) is 0 Å². The van der Waals surface area contributed by atoms with E-state index in [1.165, 1.54) is 0 Å². The van der Waals surface area contributed by atoms with Crippen molar-refractivity contribution in [2.24, 2.45) is 0 Å². The number of terminal acetylenes is 1. The van der Waals surface area contributed by atoms with Crippen LogP contribution in [0.2, 0.25) is 0 Å². The second kappa shape index (κ2) is 5.20. The molecule has 4 nitrogen and oxygen atoms in total. The highest BCUT2D eigenvalue weighted by molar-refractivity contribution is 5.37. The van der Waals surface area contributed by atoms with Crippen LogP contribution >= 0.6 is 0 Å². The minimum Gasteiger partial charge on any atom is -0.461 e. The van der Waals surface area contributed by atoms with E-state index in [2.05, 4.69) is 21.2 Å². The summed E-state index contributed by atoms with van der Waals surface area (Å²) in [6.07, 6.45) is 5.70. The van der Waals surface area contributed by atoms with Crippen LogP contribution in [0.1, 0.15) is 19.7 Å². The lowest BCUT2D eigenvalue weighted by molar-refractivity contribution is 0.266. The third-order valence-corrected chi connectivity index (χ3v) is 1.85. The highest BCUT2D eigenvalue weighted by Gasteiger charge is 2.05. The van der Waals surface area contributed by atoms with E-state index in [1.807, 2.05) is 6.92 Å². The van der Waals surface area contributed by atoms with Crippen molar-refractivity contribution in [3.8, 4) is 18.2 Å². The lowest BCUT2D eigenvalue weighted by Gasteiger charge is -2.10. The van der Waals surface area contributed by atoms with Gasteiger partial charge in [0.2, 0.25) is 5.88 Å². The Morgan fingerprint density at radius 2 is 2.33 bits per heavy atom. The van der Waals surface area contributed by atoms with Crippen molar-refractivity contribution in [3.05, 3.63) is 11.9 Å². The Morgan fingerprint density at radius 3 is 2.87 bits per heavy atom. The Kier molecular flexibility index (Phi) is 3.92. The molecule has 0 saturated heterocycles. The first kappa shape index (κ1) is 11.3. The van der Waals surface area contributed by atoms with E-state index >= 15 is 0 Å². The molecule has 0 aromatic carbocycles.